The molecule has 0 spiro atoms. The molecule has 0 aliphatic heterocycles. The molecule has 0 bridgehead atoms. The van der Waals surface area contributed by atoms with Gasteiger partial charge in [-0.3, -0.25) is 4.79 Å². The number of hydrogen-bond donors (Lipinski definition) is 2. The van der Waals surface area contributed by atoms with E-state index in [4.69, 9.17) is 36.9 Å². The highest BCUT2D eigenvalue weighted by molar-refractivity contribution is 6.27. The van der Waals surface area contributed by atoms with Crippen molar-refractivity contribution >= 4 is 51.2 Å². The molecule has 0 saturated carbocycles. The van der Waals surface area contributed by atoms with Gasteiger partial charge in [0.2, 0.25) is 5.91 Å². The van der Waals surface area contributed by atoms with Crippen LogP contribution in [0.3, 0.4) is 0 Å². The Balaban J connectivity index is 1.59. The van der Waals surface area contributed by atoms with Crippen LogP contribution >= 0.6 is 11.6 Å². The molecule has 0 saturated heterocycles. The second-order valence-electron chi connectivity index (χ2n) is 9.16. The van der Waals surface area contributed by atoms with Gasteiger partial charge in [-0.2, -0.15) is 0 Å². The standard InChI is InChI=1S/C28H32ClN5O5/c1-18-19(7-5-10-22(18)39-17-25(36)37)16-33(24(35)15-29)12-6-13-34-23(11-14-38-2)32-26-27(34)20-8-3-4-9-21(20)31-28(26)30/h3-5,7-10H,6,11-17H2,1-2H3,(H2,30,31)(H,36,37). The lowest BCUT2D eigenvalue weighted by atomic mass is 10.1. The summed E-state index contributed by atoms with van der Waals surface area (Å²) in [6.45, 7) is 3.28. The Hall–Kier alpha value is -3.89. The van der Waals surface area contributed by atoms with Crippen LogP contribution in [0.4, 0.5) is 5.82 Å². The SMILES string of the molecule is COCCc1nc2c(N)nc3ccccc3c2n1CCCN(Cc1cccc(OCC(=O)O)c1C)C(=O)CCl. The number of nitrogens with two attached hydrogens (primary N) is 1. The maximum Gasteiger partial charge on any atom is 0.341 e. The van der Waals surface area contributed by atoms with Crippen molar-refractivity contribution in [2.24, 2.45) is 0 Å². The number of nitrogen functional groups attached to an aromatic ring is 1. The number of imidazole rings is 1. The van der Waals surface area contributed by atoms with Crippen LogP contribution in [0, 0.1) is 6.92 Å². The van der Waals surface area contributed by atoms with Gasteiger partial charge in [0, 0.05) is 38.6 Å². The second kappa shape index (κ2) is 12.8. The highest BCUT2D eigenvalue weighted by Gasteiger charge is 2.19. The lowest BCUT2D eigenvalue weighted by Gasteiger charge is -2.24. The Morgan fingerprint density at radius 3 is 2.69 bits per heavy atom. The molecule has 2 aromatic carbocycles. The number of hydrogen-bond acceptors (Lipinski definition) is 7. The summed E-state index contributed by atoms with van der Waals surface area (Å²) in [5.41, 5.74) is 10.3. The Morgan fingerprint density at radius 1 is 1.15 bits per heavy atom. The van der Waals surface area contributed by atoms with E-state index < -0.39 is 12.6 Å². The Kier molecular flexibility index (Phi) is 9.21. The maximum absolute atomic E-state index is 12.8. The van der Waals surface area contributed by atoms with Crippen LogP contribution in [-0.4, -0.2) is 69.2 Å². The topological polar surface area (TPSA) is 133 Å². The van der Waals surface area contributed by atoms with Gasteiger partial charge in [-0.15, -0.1) is 11.6 Å². The van der Waals surface area contributed by atoms with Crippen molar-refractivity contribution in [1.29, 1.82) is 0 Å². The molecular formula is C28H32ClN5O5. The molecule has 0 fully saturated rings. The number of ether oxygens (including phenoxy) is 2. The number of methoxy groups -OCH3 is 1. The number of nitrogens with zero attached hydrogens (tertiary/aromatic N) is 4. The Bertz CT molecular complexity index is 1490. The maximum atomic E-state index is 12.8. The van der Waals surface area contributed by atoms with Crippen LogP contribution in [0.25, 0.3) is 21.9 Å². The number of pyridine rings is 1. The third kappa shape index (κ3) is 6.40. The Labute approximate surface area is 231 Å². The zero-order valence-corrected chi connectivity index (χ0v) is 22.8. The van der Waals surface area contributed by atoms with Crippen LogP contribution in [0.1, 0.15) is 23.4 Å². The second-order valence-corrected chi connectivity index (χ2v) is 9.43. The number of carbonyl (C=O) groups is 2. The molecule has 4 aromatic rings. The number of carbonyl (C=O) groups excluding carboxylic acids is 1. The predicted octanol–water partition coefficient (Wildman–Crippen LogP) is 3.79. The van der Waals surface area contributed by atoms with Gasteiger partial charge in [-0.05, 0) is 36.6 Å². The minimum atomic E-state index is -1.05. The zero-order valence-electron chi connectivity index (χ0n) is 22.0. The molecule has 1 amide bonds. The molecule has 10 nitrogen and oxygen atoms in total. The van der Waals surface area contributed by atoms with Crippen molar-refractivity contribution in [3.63, 3.8) is 0 Å². The third-order valence-corrected chi connectivity index (χ3v) is 6.83. The van der Waals surface area contributed by atoms with Crippen molar-refractivity contribution in [2.45, 2.75) is 32.9 Å². The number of carboxylic acids is 1. The number of aryl methyl sites for hydroxylation is 1. The fraction of sp³-hybridized carbons (Fsp3) is 0.357. The van der Waals surface area contributed by atoms with E-state index in [0.717, 1.165) is 33.4 Å². The number of para-hydroxylation sites is 1. The first-order valence-corrected chi connectivity index (χ1v) is 13.2. The summed E-state index contributed by atoms with van der Waals surface area (Å²) in [5, 5.41) is 9.91. The van der Waals surface area contributed by atoms with E-state index in [1.165, 1.54) is 0 Å². The largest absolute Gasteiger partial charge is 0.482 e. The van der Waals surface area contributed by atoms with Crippen molar-refractivity contribution in [3.8, 4) is 5.75 Å². The van der Waals surface area contributed by atoms with E-state index in [9.17, 15) is 9.59 Å². The van der Waals surface area contributed by atoms with Gasteiger partial charge >= 0.3 is 5.97 Å². The van der Waals surface area contributed by atoms with Crippen LogP contribution in [0.5, 0.6) is 5.75 Å². The van der Waals surface area contributed by atoms with Crippen molar-refractivity contribution in [2.75, 3.05) is 38.5 Å². The number of rotatable bonds is 13. The van der Waals surface area contributed by atoms with Gasteiger partial charge in [0.15, 0.2) is 12.4 Å². The monoisotopic (exact) mass is 553 g/mol. The Morgan fingerprint density at radius 2 is 1.95 bits per heavy atom. The fourth-order valence-electron chi connectivity index (χ4n) is 4.66. The number of amides is 1. The summed E-state index contributed by atoms with van der Waals surface area (Å²) < 4.78 is 12.9. The molecule has 0 aliphatic carbocycles. The number of halogens is 1. The number of anilines is 1. The molecule has 39 heavy (non-hydrogen) atoms. The van der Waals surface area contributed by atoms with Gasteiger partial charge in [0.25, 0.3) is 0 Å². The van der Waals surface area contributed by atoms with Crippen LogP contribution < -0.4 is 10.5 Å². The summed E-state index contributed by atoms with van der Waals surface area (Å²) in [5.74, 6) is 0.294. The fourth-order valence-corrected chi connectivity index (χ4v) is 4.83. The van der Waals surface area contributed by atoms with Crippen molar-refractivity contribution < 1.29 is 24.2 Å². The molecule has 206 valence electrons. The number of alkyl halides is 1. The highest BCUT2D eigenvalue weighted by atomic mass is 35.5. The minimum Gasteiger partial charge on any atom is -0.482 e. The number of aromatic nitrogens is 3. The van der Waals surface area contributed by atoms with E-state index in [1.54, 1.807) is 24.1 Å². The first kappa shape index (κ1) is 28.1. The van der Waals surface area contributed by atoms with E-state index >= 15 is 0 Å². The molecule has 11 heteroatoms. The number of carboxylic acid groups (broad SMARTS) is 1. The van der Waals surface area contributed by atoms with Crippen molar-refractivity contribution in [1.82, 2.24) is 19.4 Å². The van der Waals surface area contributed by atoms with Gasteiger partial charge in [0.1, 0.15) is 23.0 Å². The van der Waals surface area contributed by atoms with Gasteiger partial charge in [-0.1, -0.05) is 30.3 Å². The van der Waals surface area contributed by atoms with E-state index in [1.807, 2.05) is 37.3 Å². The molecule has 2 aromatic heterocycles. The van der Waals surface area contributed by atoms with E-state index in [2.05, 4.69) is 9.55 Å². The summed E-state index contributed by atoms with van der Waals surface area (Å²) in [6.07, 6.45) is 1.24. The third-order valence-electron chi connectivity index (χ3n) is 6.60. The molecule has 0 unspecified atom stereocenters. The molecule has 0 atom stereocenters. The lowest BCUT2D eigenvalue weighted by Crippen LogP contribution is -2.33. The van der Waals surface area contributed by atoms with Crippen LogP contribution in [0.2, 0.25) is 0 Å². The number of benzene rings is 2. The average molecular weight is 554 g/mol. The van der Waals surface area contributed by atoms with Gasteiger partial charge < -0.3 is 29.8 Å². The number of fused-ring (bicyclic) bond motifs is 3. The number of aliphatic carboxylic acids is 1. The van der Waals surface area contributed by atoms with Gasteiger partial charge in [-0.25, -0.2) is 14.8 Å². The summed E-state index contributed by atoms with van der Waals surface area (Å²) >= 11 is 5.96. The van der Waals surface area contributed by atoms with E-state index in [0.29, 0.717) is 56.2 Å². The lowest BCUT2D eigenvalue weighted by molar-refractivity contribution is -0.139. The first-order valence-electron chi connectivity index (χ1n) is 12.6. The highest BCUT2D eigenvalue weighted by Crippen LogP contribution is 2.29. The van der Waals surface area contributed by atoms with Crippen LogP contribution in [0.15, 0.2) is 42.5 Å². The molecular weight excluding hydrogens is 522 g/mol. The molecule has 2 heterocycles. The van der Waals surface area contributed by atoms with Crippen molar-refractivity contribution in [3.05, 3.63) is 59.4 Å². The molecule has 3 N–H and O–H groups in total. The zero-order chi connectivity index (χ0) is 27.9. The average Bonchev–Trinajstić information content (AvgIpc) is 3.30. The minimum absolute atomic E-state index is 0.145. The van der Waals surface area contributed by atoms with Crippen LogP contribution in [-0.2, 0) is 33.8 Å². The van der Waals surface area contributed by atoms with E-state index in [-0.39, 0.29) is 11.8 Å². The summed E-state index contributed by atoms with van der Waals surface area (Å²) in [7, 11) is 1.65. The quantitative estimate of drug-likeness (QED) is 0.239. The molecule has 0 radical (unpaired) electrons. The summed E-state index contributed by atoms with van der Waals surface area (Å²) in [4.78, 5) is 34.8. The normalized spacial score (nSPS) is 11.3. The van der Waals surface area contributed by atoms with Gasteiger partial charge in [0.05, 0.1) is 17.6 Å². The summed E-state index contributed by atoms with van der Waals surface area (Å²) in [6, 6.07) is 13.2. The molecule has 0 aliphatic rings. The smallest absolute Gasteiger partial charge is 0.341 e. The predicted molar refractivity (Wildman–Crippen MR) is 150 cm³/mol. The molecule has 4 rings (SSSR count). The first-order chi connectivity index (χ1) is 18.8.